The zero-order valence-corrected chi connectivity index (χ0v) is 22.8. The van der Waals surface area contributed by atoms with Crippen molar-refractivity contribution >= 4 is 27.5 Å². The minimum Gasteiger partial charge on any atom is -0.497 e. The average Bonchev–Trinajstić information content (AvgIpc) is 2.93. The van der Waals surface area contributed by atoms with Crippen molar-refractivity contribution in [2.75, 3.05) is 31.3 Å². The number of benzene rings is 3. The first-order valence-electron chi connectivity index (χ1n) is 12.0. The number of hydrogen-bond acceptors (Lipinski definition) is 6. The first kappa shape index (κ1) is 28.5. The molecule has 0 unspecified atom stereocenters. The zero-order chi connectivity index (χ0) is 27.7. The monoisotopic (exact) mass is 539 g/mol. The van der Waals surface area contributed by atoms with E-state index in [1.165, 1.54) is 11.9 Å². The summed E-state index contributed by atoms with van der Waals surface area (Å²) in [5, 5.41) is 2.55. The fraction of sp³-hybridized carbons (Fsp3) is 0.286. The van der Waals surface area contributed by atoms with Crippen molar-refractivity contribution in [3.05, 3.63) is 90.0 Å². The molecule has 10 heteroatoms. The van der Waals surface area contributed by atoms with E-state index >= 15 is 0 Å². The number of hydrogen-bond donors (Lipinski definition) is 1. The number of carbonyl (C=O) groups excluding carboxylic acids is 2. The lowest BCUT2D eigenvalue weighted by Gasteiger charge is -2.31. The second-order valence-electron chi connectivity index (χ2n) is 8.70. The van der Waals surface area contributed by atoms with Gasteiger partial charge < -0.3 is 19.7 Å². The van der Waals surface area contributed by atoms with E-state index in [0.29, 0.717) is 23.8 Å². The molecule has 1 N–H and O–H groups in total. The molecule has 0 heterocycles. The molecule has 38 heavy (non-hydrogen) atoms. The smallest absolute Gasteiger partial charge is 0.244 e. The van der Waals surface area contributed by atoms with Gasteiger partial charge in [-0.25, -0.2) is 8.42 Å². The summed E-state index contributed by atoms with van der Waals surface area (Å²) in [6.07, 6.45) is 1.04. The molecule has 0 aliphatic heterocycles. The third-order valence-corrected chi connectivity index (χ3v) is 7.12. The zero-order valence-electron chi connectivity index (χ0n) is 22.0. The molecular weight excluding hydrogens is 506 g/mol. The third-order valence-electron chi connectivity index (χ3n) is 5.98. The molecular formula is C28H33N3O6S. The Morgan fingerprint density at radius 3 is 2.05 bits per heavy atom. The van der Waals surface area contributed by atoms with Crippen LogP contribution in [0.2, 0.25) is 0 Å². The van der Waals surface area contributed by atoms with Crippen molar-refractivity contribution in [2.24, 2.45) is 0 Å². The van der Waals surface area contributed by atoms with Gasteiger partial charge in [-0.15, -0.1) is 0 Å². The molecule has 0 bridgehead atoms. The van der Waals surface area contributed by atoms with Gasteiger partial charge in [0.25, 0.3) is 0 Å². The van der Waals surface area contributed by atoms with E-state index < -0.39 is 28.5 Å². The van der Waals surface area contributed by atoms with E-state index in [0.717, 1.165) is 21.7 Å². The normalized spacial score (nSPS) is 11.8. The molecule has 3 aromatic rings. The Hall–Kier alpha value is -4.05. The van der Waals surface area contributed by atoms with Crippen LogP contribution in [0.5, 0.6) is 11.5 Å². The van der Waals surface area contributed by atoms with Gasteiger partial charge in [0.1, 0.15) is 30.7 Å². The highest BCUT2D eigenvalue weighted by atomic mass is 32.2. The van der Waals surface area contributed by atoms with E-state index in [1.54, 1.807) is 62.6 Å². The first-order valence-corrected chi connectivity index (χ1v) is 13.9. The number of nitrogens with zero attached hydrogens (tertiary/aromatic N) is 2. The SMILES string of the molecule is CNC(=O)[C@@H](C)N(Cc1ccc(OC)cc1)C(=O)CN(c1ccc(OCc2ccccc2)cc1)S(C)(=O)=O. The molecule has 0 aromatic heterocycles. The van der Waals surface area contributed by atoms with Crippen molar-refractivity contribution in [3.8, 4) is 11.5 Å². The predicted molar refractivity (Wildman–Crippen MR) is 146 cm³/mol. The molecule has 3 aromatic carbocycles. The molecule has 0 fully saturated rings. The standard InChI is InChI=1S/C28H33N3O6S/c1-21(28(33)29-2)30(18-22-10-14-25(36-3)15-11-22)27(32)19-31(38(4,34)35)24-12-16-26(17-13-24)37-20-23-8-6-5-7-9-23/h5-17,21H,18-20H2,1-4H3,(H,29,33)/t21-/m1/s1. The van der Waals surface area contributed by atoms with Gasteiger partial charge in [-0.05, 0) is 54.4 Å². The van der Waals surface area contributed by atoms with Gasteiger partial charge in [-0.2, -0.15) is 0 Å². The van der Waals surface area contributed by atoms with Crippen molar-refractivity contribution in [2.45, 2.75) is 26.1 Å². The minimum absolute atomic E-state index is 0.112. The summed E-state index contributed by atoms with van der Waals surface area (Å²) in [6.45, 7) is 1.61. The second kappa shape index (κ2) is 13.0. The van der Waals surface area contributed by atoms with E-state index in [1.807, 2.05) is 30.3 Å². The summed E-state index contributed by atoms with van der Waals surface area (Å²) in [5.41, 5.74) is 2.08. The molecule has 1 atom stereocenters. The largest absolute Gasteiger partial charge is 0.497 e. The van der Waals surface area contributed by atoms with Gasteiger partial charge in [-0.3, -0.25) is 13.9 Å². The van der Waals surface area contributed by atoms with Crippen molar-refractivity contribution in [3.63, 3.8) is 0 Å². The molecule has 0 saturated heterocycles. The average molecular weight is 540 g/mol. The number of rotatable bonds is 12. The Balaban J connectivity index is 1.80. The lowest BCUT2D eigenvalue weighted by molar-refractivity contribution is -0.139. The van der Waals surface area contributed by atoms with Crippen LogP contribution >= 0.6 is 0 Å². The Morgan fingerprint density at radius 1 is 0.895 bits per heavy atom. The molecule has 0 spiro atoms. The Labute approximate surface area is 224 Å². The number of nitrogens with one attached hydrogen (secondary N) is 1. The van der Waals surface area contributed by atoms with Crippen molar-refractivity contribution in [1.29, 1.82) is 0 Å². The molecule has 9 nitrogen and oxygen atoms in total. The molecule has 0 aliphatic carbocycles. The van der Waals surface area contributed by atoms with Crippen LogP contribution in [-0.4, -0.2) is 58.1 Å². The summed E-state index contributed by atoms with van der Waals surface area (Å²) < 4.78 is 37.4. The van der Waals surface area contributed by atoms with Crippen LogP contribution < -0.4 is 19.1 Å². The van der Waals surface area contributed by atoms with Crippen LogP contribution in [0.25, 0.3) is 0 Å². The number of anilines is 1. The van der Waals surface area contributed by atoms with Gasteiger partial charge in [0.05, 0.1) is 19.1 Å². The fourth-order valence-electron chi connectivity index (χ4n) is 3.78. The molecule has 0 radical (unpaired) electrons. The van der Waals surface area contributed by atoms with Crippen LogP contribution in [-0.2, 0) is 32.8 Å². The molecule has 0 saturated carbocycles. The lowest BCUT2D eigenvalue weighted by atomic mass is 10.1. The topological polar surface area (TPSA) is 105 Å². The van der Waals surface area contributed by atoms with Crippen molar-refractivity contribution < 1.29 is 27.5 Å². The quantitative estimate of drug-likeness (QED) is 0.379. The number of amides is 2. The number of methoxy groups -OCH3 is 1. The van der Waals surface area contributed by atoms with E-state index in [4.69, 9.17) is 9.47 Å². The summed E-state index contributed by atoms with van der Waals surface area (Å²) >= 11 is 0. The summed E-state index contributed by atoms with van der Waals surface area (Å²) in [7, 11) is -0.779. The van der Waals surface area contributed by atoms with E-state index in [9.17, 15) is 18.0 Å². The second-order valence-corrected chi connectivity index (χ2v) is 10.6. The maximum atomic E-state index is 13.5. The van der Waals surface area contributed by atoms with E-state index in [-0.39, 0.29) is 12.5 Å². The van der Waals surface area contributed by atoms with Gasteiger partial charge in [-0.1, -0.05) is 42.5 Å². The third kappa shape index (κ3) is 7.72. The number of ether oxygens (including phenoxy) is 2. The van der Waals surface area contributed by atoms with E-state index in [2.05, 4.69) is 5.32 Å². The summed E-state index contributed by atoms with van der Waals surface area (Å²) in [5.74, 6) is 0.335. The number of likely N-dealkylation sites (N-methyl/N-ethyl adjacent to an activating group) is 1. The lowest BCUT2D eigenvalue weighted by Crippen LogP contribution is -2.50. The maximum Gasteiger partial charge on any atom is 0.244 e. The first-order chi connectivity index (χ1) is 18.1. The Bertz CT molecular complexity index is 1310. The van der Waals surface area contributed by atoms with Gasteiger partial charge in [0, 0.05) is 13.6 Å². The predicted octanol–water partition coefficient (Wildman–Crippen LogP) is 3.20. The molecule has 0 aliphatic rings. The van der Waals surface area contributed by atoms with Crippen LogP contribution in [0.4, 0.5) is 5.69 Å². The van der Waals surface area contributed by atoms with Crippen LogP contribution in [0.1, 0.15) is 18.1 Å². The highest BCUT2D eigenvalue weighted by Crippen LogP contribution is 2.23. The highest BCUT2D eigenvalue weighted by molar-refractivity contribution is 7.92. The van der Waals surface area contributed by atoms with Gasteiger partial charge >= 0.3 is 0 Å². The molecule has 202 valence electrons. The summed E-state index contributed by atoms with van der Waals surface area (Å²) in [4.78, 5) is 27.3. The van der Waals surface area contributed by atoms with Crippen LogP contribution in [0, 0.1) is 0 Å². The maximum absolute atomic E-state index is 13.5. The molecule has 2 amide bonds. The van der Waals surface area contributed by atoms with Crippen molar-refractivity contribution in [1.82, 2.24) is 10.2 Å². The summed E-state index contributed by atoms with van der Waals surface area (Å²) in [6, 6.07) is 22.4. The number of sulfonamides is 1. The van der Waals surface area contributed by atoms with Crippen LogP contribution in [0.15, 0.2) is 78.9 Å². The molecule has 3 rings (SSSR count). The minimum atomic E-state index is -3.82. The fourth-order valence-corrected chi connectivity index (χ4v) is 4.63. The van der Waals surface area contributed by atoms with Gasteiger partial charge in [0.15, 0.2) is 0 Å². The number of carbonyl (C=O) groups is 2. The Kier molecular flexibility index (Phi) is 9.72. The van der Waals surface area contributed by atoms with Crippen LogP contribution in [0.3, 0.4) is 0 Å². The Morgan fingerprint density at radius 2 is 1.50 bits per heavy atom. The van der Waals surface area contributed by atoms with Gasteiger partial charge in [0.2, 0.25) is 21.8 Å². The highest BCUT2D eigenvalue weighted by Gasteiger charge is 2.29.